The van der Waals surface area contributed by atoms with Crippen LogP contribution < -0.4 is 5.73 Å². The van der Waals surface area contributed by atoms with Crippen LogP contribution in [0.15, 0.2) is 0 Å². The van der Waals surface area contributed by atoms with Crippen LogP contribution >= 0.6 is 0 Å². The van der Waals surface area contributed by atoms with Gasteiger partial charge < -0.3 is 19.0 Å². The van der Waals surface area contributed by atoms with Crippen molar-refractivity contribution in [2.24, 2.45) is 5.73 Å². The van der Waals surface area contributed by atoms with Gasteiger partial charge in [0.2, 0.25) is 5.91 Å². The monoisotopic (exact) mass is 411 g/mol. The van der Waals surface area contributed by atoms with Gasteiger partial charge in [-0.3, -0.25) is 4.79 Å². The van der Waals surface area contributed by atoms with Gasteiger partial charge in [-0.25, -0.2) is 0 Å². The molecule has 0 rings (SSSR count). The number of rotatable bonds is 7. The Hall–Kier alpha value is 0.606. The van der Waals surface area contributed by atoms with Crippen molar-refractivity contribution in [2.45, 2.75) is 39.2 Å². The van der Waals surface area contributed by atoms with E-state index in [4.69, 9.17) is 19.0 Å². The van der Waals surface area contributed by atoms with Crippen LogP contribution in [0, 0.1) is 0 Å². The summed E-state index contributed by atoms with van der Waals surface area (Å²) in [5.74, 6) is -0.211. The van der Waals surface area contributed by atoms with E-state index in [1.807, 2.05) is 6.92 Å². The van der Waals surface area contributed by atoms with E-state index in [-0.39, 0.29) is 5.91 Å². The molecule has 0 saturated heterocycles. The number of carbonyl (C=O) groups excluding carboxylic acids is 1. The molecular weight excluding hydrogens is 384 g/mol. The third-order valence-corrected chi connectivity index (χ3v) is 4.96. The van der Waals surface area contributed by atoms with Gasteiger partial charge in [-0.05, 0) is 6.42 Å². The molecule has 0 aromatic carbocycles. The van der Waals surface area contributed by atoms with Gasteiger partial charge in [0.1, 0.15) is 0 Å². The zero-order valence-corrected chi connectivity index (χ0v) is 16.3. The van der Waals surface area contributed by atoms with Gasteiger partial charge in [0.05, 0.1) is 0 Å². The van der Waals surface area contributed by atoms with Gasteiger partial charge in [-0.1, -0.05) is 20.3 Å². The van der Waals surface area contributed by atoms with E-state index >= 15 is 0 Å². The van der Waals surface area contributed by atoms with E-state index in [0.29, 0.717) is 6.42 Å². The second kappa shape index (κ2) is 17.6. The first kappa shape index (κ1) is 23.7. The number of hydrogen-bond donors (Lipinski definition) is 1. The van der Waals surface area contributed by atoms with Crippen molar-refractivity contribution in [3.8, 4) is 0 Å². The molecular formula is C10H25NO4Se2Si. The average Bonchev–Trinajstić information content (AvgIpc) is 2.39. The van der Waals surface area contributed by atoms with Crippen LogP contribution in [0.4, 0.5) is 0 Å². The minimum atomic E-state index is -2.22. The molecule has 0 radical (unpaired) electrons. The van der Waals surface area contributed by atoms with Gasteiger partial charge in [0.25, 0.3) is 0 Å². The third-order valence-electron chi connectivity index (χ3n) is 1.99. The first-order valence-corrected chi connectivity index (χ1v) is 11.9. The maximum atomic E-state index is 9.82. The number of primary amides is 1. The van der Waals surface area contributed by atoms with Crippen molar-refractivity contribution >= 4 is 42.0 Å². The predicted molar refractivity (Wildman–Crippen MR) is 77.5 cm³/mol. The standard InChI is InChI=1S/C6H16O3Si.C4H9NO.Se2/c1-5-6-10(7-2,8-3)9-4;1-2-3-4(5)6;1-2/h5-6H2,1-4H3;2-3H2,1H3,(H2,5,6);. The SMILES string of the molecule is CCCC(N)=O.CCC[Si](OC)(OC)OC.[Se]=[Se]. The zero-order valence-electron chi connectivity index (χ0n) is 11.9. The second-order valence-corrected chi connectivity index (χ2v) is 6.35. The molecule has 0 aromatic heterocycles. The Labute approximate surface area is 126 Å². The van der Waals surface area contributed by atoms with E-state index in [9.17, 15) is 4.79 Å². The fraction of sp³-hybridized carbons (Fsp3) is 0.900. The summed E-state index contributed by atoms with van der Waals surface area (Å²) < 4.78 is 15.5. The van der Waals surface area contributed by atoms with Crippen molar-refractivity contribution in [3.05, 3.63) is 0 Å². The molecule has 2 N–H and O–H groups in total. The van der Waals surface area contributed by atoms with E-state index in [2.05, 4.69) is 34.2 Å². The van der Waals surface area contributed by atoms with Crippen molar-refractivity contribution < 1.29 is 18.1 Å². The average molecular weight is 409 g/mol. The van der Waals surface area contributed by atoms with Crippen LogP contribution in [0.25, 0.3) is 0 Å². The summed E-state index contributed by atoms with van der Waals surface area (Å²) in [5.41, 5.74) is 4.76. The quantitative estimate of drug-likeness (QED) is 0.632. The zero-order chi connectivity index (χ0) is 15.0. The molecule has 0 unspecified atom stereocenters. The number of carbonyl (C=O) groups is 1. The van der Waals surface area contributed by atoms with Gasteiger partial charge in [-0.2, -0.15) is 0 Å². The molecule has 0 aliphatic carbocycles. The van der Waals surface area contributed by atoms with E-state index in [1.54, 1.807) is 21.3 Å². The van der Waals surface area contributed by atoms with E-state index in [1.165, 1.54) is 0 Å². The molecule has 0 aromatic rings. The topological polar surface area (TPSA) is 70.8 Å². The maximum absolute atomic E-state index is 9.82. The molecule has 0 fully saturated rings. The number of amides is 1. The molecule has 110 valence electrons. The van der Waals surface area contributed by atoms with Crippen molar-refractivity contribution in [3.63, 3.8) is 0 Å². The van der Waals surface area contributed by atoms with Crippen molar-refractivity contribution in [1.29, 1.82) is 0 Å². The third kappa shape index (κ3) is 14.7. The van der Waals surface area contributed by atoms with Gasteiger partial charge in [-0.15, -0.1) is 0 Å². The molecule has 0 bridgehead atoms. The van der Waals surface area contributed by atoms with Gasteiger partial charge in [0.15, 0.2) is 0 Å². The Balaban J connectivity index is -0.000000241. The molecule has 5 nitrogen and oxygen atoms in total. The second-order valence-electron chi connectivity index (χ2n) is 3.26. The first-order valence-electron chi connectivity index (χ1n) is 5.62. The summed E-state index contributed by atoms with van der Waals surface area (Å²) in [6.07, 6.45) is 2.40. The molecule has 0 saturated carbocycles. The summed E-state index contributed by atoms with van der Waals surface area (Å²) in [6, 6.07) is 0.885. The fourth-order valence-electron chi connectivity index (χ4n) is 1.11. The minimum absolute atomic E-state index is 0.211. The molecule has 8 heteroatoms. The van der Waals surface area contributed by atoms with Crippen LogP contribution in [0.3, 0.4) is 0 Å². The summed E-state index contributed by atoms with van der Waals surface area (Å²) in [4.78, 5) is 9.82. The van der Waals surface area contributed by atoms with Crippen LogP contribution in [-0.2, 0) is 18.1 Å². The number of hydrogen-bond acceptors (Lipinski definition) is 4. The Morgan fingerprint density at radius 1 is 1.06 bits per heavy atom. The normalized spacial score (nSPS) is 9.61. The molecule has 0 heterocycles. The van der Waals surface area contributed by atoms with E-state index in [0.717, 1.165) is 18.9 Å². The Bertz CT molecular complexity index is 186. The van der Waals surface area contributed by atoms with E-state index < -0.39 is 8.80 Å². The molecule has 1 amide bonds. The van der Waals surface area contributed by atoms with Crippen LogP contribution in [0.2, 0.25) is 6.04 Å². The Morgan fingerprint density at radius 3 is 1.50 bits per heavy atom. The van der Waals surface area contributed by atoms with Crippen molar-refractivity contribution in [2.75, 3.05) is 21.3 Å². The fourth-order valence-corrected chi connectivity index (χ4v) is 2.83. The van der Waals surface area contributed by atoms with Crippen LogP contribution in [0.1, 0.15) is 33.1 Å². The van der Waals surface area contributed by atoms with Crippen LogP contribution in [0.5, 0.6) is 0 Å². The summed E-state index contributed by atoms with van der Waals surface area (Å²) in [5, 5.41) is 0. The summed E-state index contributed by atoms with van der Waals surface area (Å²) in [6.45, 7) is 4.00. The Kier molecular flexibility index (Phi) is 23.2. The molecule has 0 aliphatic rings. The first-order chi connectivity index (χ1) is 8.51. The Morgan fingerprint density at radius 2 is 1.44 bits per heavy atom. The van der Waals surface area contributed by atoms with Gasteiger partial charge >= 0.3 is 36.1 Å². The number of nitrogens with two attached hydrogens (primary N) is 1. The summed E-state index contributed by atoms with van der Waals surface area (Å²) >= 11 is 5.00. The predicted octanol–water partition coefficient (Wildman–Crippen LogP) is 0.785. The van der Waals surface area contributed by atoms with Gasteiger partial charge in [0, 0.05) is 33.8 Å². The van der Waals surface area contributed by atoms with Crippen LogP contribution in [-0.4, -0.2) is 63.3 Å². The molecule has 18 heavy (non-hydrogen) atoms. The molecule has 0 atom stereocenters. The van der Waals surface area contributed by atoms with Crippen molar-refractivity contribution in [1.82, 2.24) is 0 Å². The molecule has 0 spiro atoms. The summed E-state index contributed by atoms with van der Waals surface area (Å²) in [7, 11) is 2.68. The molecule has 0 aliphatic heterocycles.